The molecule has 1 amide bonds. The van der Waals surface area contributed by atoms with Crippen LogP contribution in [0.15, 0.2) is 35.1 Å². The fourth-order valence-corrected chi connectivity index (χ4v) is 2.68. The number of para-hydroxylation sites is 1. The van der Waals surface area contributed by atoms with Gasteiger partial charge in [0.1, 0.15) is 0 Å². The highest BCUT2D eigenvalue weighted by Crippen LogP contribution is 2.20. The highest BCUT2D eigenvalue weighted by Gasteiger charge is 2.22. The molecule has 3 rings (SSSR count). The molecule has 1 saturated heterocycles. The minimum Gasteiger partial charge on any atom is -0.339 e. The molecule has 4 heteroatoms. The zero-order chi connectivity index (χ0) is 13.4. The third-order valence-electron chi connectivity index (χ3n) is 3.78. The van der Waals surface area contributed by atoms with Gasteiger partial charge in [0.2, 0.25) is 0 Å². The Morgan fingerprint density at radius 1 is 1.16 bits per heavy atom. The van der Waals surface area contributed by atoms with Gasteiger partial charge in [-0.05, 0) is 18.9 Å². The first-order valence-electron chi connectivity index (χ1n) is 6.56. The summed E-state index contributed by atoms with van der Waals surface area (Å²) < 4.78 is 1.58. The zero-order valence-electron chi connectivity index (χ0n) is 10.9. The number of carbonyl (C=O) groups is 1. The number of carbonyl (C=O) groups excluding carboxylic acids is 1. The molecule has 1 aromatic carbocycles. The van der Waals surface area contributed by atoms with E-state index in [0.29, 0.717) is 5.56 Å². The molecule has 0 radical (unpaired) electrons. The maximum absolute atomic E-state index is 12.5. The van der Waals surface area contributed by atoms with Crippen molar-refractivity contribution < 1.29 is 4.79 Å². The van der Waals surface area contributed by atoms with Crippen molar-refractivity contribution in [3.05, 3.63) is 46.2 Å². The van der Waals surface area contributed by atoms with Gasteiger partial charge in [0.05, 0.1) is 11.1 Å². The Hall–Kier alpha value is -2.10. The van der Waals surface area contributed by atoms with E-state index in [4.69, 9.17) is 0 Å². The van der Waals surface area contributed by atoms with E-state index in [1.807, 2.05) is 29.2 Å². The van der Waals surface area contributed by atoms with Crippen LogP contribution in [0.4, 0.5) is 0 Å². The smallest absolute Gasteiger partial charge is 0.254 e. The first-order chi connectivity index (χ1) is 9.18. The highest BCUT2D eigenvalue weighted by molar-refractivity contribution is 6.06. The normalized spacial score (nSPS) is 15.1. The summed E-state index contributed by atoms with van der Waals surface area (Å²) in [6, 6.07) is 9.01. The van der Waals surface area contributed by atoms with Crippen molar-refractivity contribution in [2.24, 2.45) is 7.05 Å². The van der Waals surface area contributed by atoms with Crippen LogP contribution >= 0.6 is 0 Å². The molecule has 2 heterocycles. The van der Waals surface area contributed by atoms with Crippen LogP contribution in [0.3, 0.4) is 0 Å². The molecule has 1 aliphatic rings. The van der Waals surface area contributed by atoms with Gasteiger partial charge in [0.25, 0.3) is 11.5 Å². The largest absolute Gasteiger partial charge is 0.339 e. The number of likely N-dealkylation sites (tertiary alicyclic amines) is 1. The van der Waals surface area contributed by atoms with Crippen LogP contribution < -0.4 is 5.56 Å². The van der Waals surface area contributed by atoms with Crippen LogP contribution in [0.1, 0.15) is 23.2 Å². The fourth-order valence-electron chi connectivity index (χ4n) is 2.68. The average molecular weight is 256 g/mol. The number of pyridine rings is 1. The molecule has 19 heavy (non-hydrogen) atoms. The number of rotatable bonds is 1. The van der Waals surface area contributed by atoms with Crippen LogP contribution in [-0.4, -0.2) is 28.5 Å². The molecule has 1 aliphatic heterocycles. The van der Waals surface area contributed by atoms with E-state index in [-0.39, 0.29) is 11.5 Å². The Balaban J connectivity index is 2.20. The highest BCUT2D eigenvalue weighted by atomic mass is 16.2. The zero-order valence-corrected chi connectivity index (χ0v) is 10.9. The average Bonchev–Trinajstić information content (AvgIpc) is 2.96. The van der Waals surface area contributed by atoms with E-state index in [2.05, 4.69) is 0 Å². The predicted octanol–water partition coefficient (Wildman–Crippen LogP) is 1.77. The van der Waals surface area contributed by atoms with E-state index >= 15 is 0 Å². The van der Waals surface area contributed by atoms with Gasteiger partial charge in [-0.2, -0.15) is 0 Å². The van der Waals surface area contributed by atoms with Crippen LogP contribution in [0.5, 0.6) is 0 Å². The fraction of sp³-hybridized carbons (Fsp3) is 0.333. The second-order valence-electron chi connectivity index (χ2n) is 4.97. The van der Waals surface area contributed by atoms with E-state index < -0.39 is 0 Å². The summed E-state index contributed by atoms with van der Waals surface area (Å²) in [5, 5.41) is 0.849. The molecule has 0 N–H and O–H groups in total. The number of fused-ring (bicyclic) bond motifs is 1. The van der Waals surface area contributed by atoms with Gasteiger partial charge < -0.3 is 9.47 Å². The van der Waals surface area contributed by atoms with Crippen LogP contribution in [0.25, 0.3) is 10.9 Å². The van der Waals surface area contributed by atoms with Crippen molar-refractivity contribution in [1.29, 1.82) is 0 Å². The van der Waals surface area contributed by atoms with E-state index in [1.54, 1.807) is 11.6 Å². The van der Waals surface area contributed by atoms with Crippen LogP contribution in [0.2, 0.25) is 0 Å². The quantitative estimate of drug-likeness (QED) is 0.780. The summed E-state index contributed by atoms with van der Waals surface area (Å²) in [6.45, 7) is 1.59. The Morgan fingerprint density at radius 2 is 1.84 bits per heavy atom. The number of aryl methyl sites for hydroxylation is 1. The lowest BCUT2D eigenvalue weighted by molar-refractivity contribution is 0.0794. The first kappa shape index (κ1) is 12.0. The van der Waals surface area contributed by atoms with Gasteiger partial charge in [0, 0.05) is 31.6 Å². The van der Waals surface area contributed by atoms with Crippen molar-refractivity contribution in [2.75, 3.05) is 13.1 Å². The Bertz CT molecular complexity index is 697. The number of aromatic nitrogens is 1. The molecule has 4 nitrogen and oxygen atoms in total. The lowest BCUT2D eigenvalue weighted by Gasteiger charge is -2.17. The maximum Gasteiger partial charge on any atom is 0.254 e. The summed E-state index contributed by atoms with van der Waals surface area (Å²) in [6.07, 6.45) is 2.10. The van der Waals surface area contributed by atoms with Crippen LogP contribution in [0, 0.1) is 0 Å². The molecule has 0 bridgehead atoms. The molecule has 0 atom stereocenters. The van der Waals surface area contributed by atoms with Crippen molar-refractivity contribution in [3.63, 3.8) is 0 Å². The van der Waals surface area contributed by atoms with Gasteiger partial charge in [0.15, 0.2) is 0 Å². The van der Waals surface area contributed by atoms with Crippen molar-refractivity contribution in [3.8, 4) is 0 Å². The van der Waals surface area contributed by atoms with Gasteiger partial charge in [-0.25, -0.2) is 0 Å². The third kappa shape index (κ3) is 1.93. The summed E-state index contributed by atoms with van der Waals surface area (Å²) in [7, 11) is 1.73. The van der Waals surface area contributed by atoms with Gasteiger partial charge >= 0.3 is 0 Å². The molecule has 98 valence electrons. The second-order valence-corrected chi connectivity index (χ2v) is 4.97. The van der Waals surface area contributed by atoms with E-state index in [0.717, 1.165) is 36.8 Å². The molecule has 0 spiro atoms. The molecule has 0 unspecified atom stereocenters. The van der Waals surface area contributed by atoms with Gasteiger partial charge in [-0.1, -0.05) is 18.2 Å². The standard InChI is InChI=1S/C15H16N2O2/c1-16-13-7-3-2-6-11(13)12(10-14(16)18)15(19)17-8-4-5-9-17/h2-3,6-7,10H,4-5,8-9H2,1H3. The second kappa shape index (κ2) is 4.53. The summed E-state index contributed by atoms with van der Waals surface area (Å²) in [5.41, 5.74) is 1.19. The third-order valence-corrected chi connectivity index (χ3v) is 3.78. The number of hydrogen-bond donors (Lipinski definition) is 0. The number of amides is 1. The van der Waals surface area contributed by atoms with Gasteiger partial charge in [-0.3, -0.25) is 9.59 Å². The van der Waals surface area contributed by atoms with Gasteiger partial charge in [-0.15, -0.1) is 0 Å². The number of hydrogen-bond acceptors (Lipinski definition) is 2. The minimum atomic E-state index is -0.138. The summed E-state index contributed by atoms with van der Waals surface area (Å²) in [5.74, 6) is -0.0219. The molecule has 2 aromatic rings. The van der Waals surface area contributed by atoms with Crippen molar-refractivity contribution in [2.45, 2.75) is 12.8 Å². The molecular weight excluding hydrogens is 240 g/mol. The summed E-state index contributed by atoms with van der Waals surface area (Å²) in [4.78, 5) is 26.3. The van der Waals surface area contributed by atoms with Crippen molar-refractivity contribution >= 4 is 16.8 Å². The lowest BCUT2D eigenvalue weighted by Crippen LogP contribution is -2.30. The molecule has 0 saturated carbocycles. The lowest BCUT2D eigenvalue weighted by atomic mass is 10.1. The van der Waals surface area contributed by atoms with Crippen LogP contribution in [-0.2, 0) is 7.05 Å². The summed E-state index contributed by atoms with van der Waals surface area (Å²) >= 11 is 0. The van der Waals surface area contributed by atoms with E-state index in [9.17, 15) is 9.59 Å². The molecule has 0 aliphatic carbocycles. The molecule has 1 fully saturated rings. The van der Waals surface area contributed by atoms with Crippen molar-refractivity contribution in [1.82, 2.24) is 9.47 Å². The topological polar surface area (TPSA) is 42.3 Å². The molecular formula is C15H16N2O2. The number of benzene rings is 1. The minimum absolute atomic E-state index is 0.0219. The predicted molar refractivity (Wildman–Crippen MR) is 74.3 cm³/mol. The monoisotopic (exact) mass is 256 g/mol. The Labute approximate surface area is 111 Å². The van der Waals surface area contributed by atoms with E-state index in [1.165, 1.54) is 6.07 Å². The Kier molecular flexibility index (Phi) is 2.85. The Morgan fingerprint density at radius 3 is 2.58 bits per heavy atom. The maximum atomic E-state index is 12.5. The number of nitrogens with zero attached hydrogens (tertiary/aromatic N) is 2. The molecule has 1 aromatic heterocycles. The SMILES string of the molecule is Cn1c(=O)cc(C(=O)N2CCCC2)c2ccccc21. The first-order valence-corrected chi connectivity index (χ1v) is 6.56.